The van der Waals surface area contributed by atoms with Crippen molar-refractivity contribution < 1.29 is 4.74 Å². The first-order chi connectivity index (χ1) is 13.1. The fraction of sp³-hybridized carbons (Fsp3) is 0.524. The van der Waals surface area contributed by atoms with Gasteiger partial charge in [-0.25, -0.2) is 4.98 Å². The third-order valence-electron chi connectivity index (χ3n) is 5.68. The molecular formula is C21H28N4O2. The van der Waals surface area contributed by atoms with Crippen LogP contribution in [0.1, 0.15) is 36.6 Å². The van der Waals surface area contributed by atoms with Crippen LogP contribution in [0.5, 0.6) is 5.75 Å². The SMILES string of the molecule is COc1ccccc1CN1CCc2nc(N3CCCC(C)C3)[nH]c(=O)c2C1. The Kier molecular flexibility index (Phi) is 5.16. The van der Waals surface area contributed by atoms with E-state index in [0.717, 1.165) is 67.5 Å². The van der Waals surface area contributed by atoms with Gasteiger partial charge < -0.3 is 9.64 Å². The molecule has 144 valence electrons. The molecule has 1 saturated heterocycles. The van der Waals surface area contributed by atoms with Gasteiger partial charge in [0.15, 0.2) is 0 Å². The zero-order valence-corrected chi connectivity index (χ0v) is 16.2. The van der Waals surface area contributed by atoms with E-state index in [0.29, 0.717) is 12.5 Å². The van der Waals surface area contributed by atoms with E-state index in [9.17, 15) is 4.79 Å². The number of hydrogen-bond donors (Lipinski definition) is 1. The van der Waals surface area contributed by atoms with E-state index in [-0.39, 0.29) is 5.56 Å². The number of nitrogens with one attached hydrogen (secondary N) is 1. The average Bonchev–Trinajstić information content (AvgIpc) is 2.69. The minimum atomic E-state index is 0.0120. The topological polar surface area (TPSA) is 61.5 Å². The van der Waals surface area contributed by atoms with Crippen molar-refractivity contribution in [3.8, 4) is 5.75 Å². The minimum absolute atomic E-state index is 0.0120. The molecule has 0 spiro atoms. The van der Waals surface area contributed by atoms with Crippen LogP contribution in [-0.4, -0.2) is 41.6 Å². The third kappa shape index (κ3) is 3.86. The van der Waals surface area contributed by atoms with Gasteiger partial charge in [-0.3, -0.25) is 14.7 Å². The van der Waals surface area contributed by atoms with Crippen LogP contribution < -0.4 is 15.2 Å². The van der Waals surface area contributed by atoms with E-state index < -0.39 is 0 Å². The monoisotopic (exact) mass is 368 g/mol. The molecule has 2 aliphatic rings. The van der Waals surface area contributed by atoms with Crippen LogP contribution in [0.15, 0.2) is 29.1 Å². The number of piperidine rings is 1. The summed E-state index contributed by atoms with van der Waals surface area (Å²) >= 11 is 0. The Morgan fingerprint density at radius 1 is 1.30 bits per heavy atom. The van der Waals surface area contributed by atoms with Gasteiger partial charge in [-0.1, -0.05) is 25.1 Å². The van der Waals surface area contributed by atoms with Crippen LogP contribution in [0, 0.1) is 5.92 Å². The Labute approximate surface area is 160 Å². The summed E-state index contributed by atoms with van der Waals surface area (Å²) in [6.45, 7) is 6.52. The van der Waals surface area contributed by atoms with Crippen molar-refractivity contribution in [2.75, 3.05) is 31.6 Å². The second kappa shape index (κ2) is 7.72. The summed E-state index contributed by atoms with van der Waals surface area (Å²) < 4.78 is 5.46. The number of fused-ring (bicyclic) bond motifs is 1. The van der Waals surface area contributed by atoms with Gasteiger partial charge in [0.25, 0.3) is 5.56 Å². The smallest absolute Gasteiger partial charge is 0.257 e. The van der Waals surface area contributed by atoms with Gasteiger partial charge in [0.05, 0.1) is 18.4 Å². The predicted molar refractivity (Wildman–Crippen MR) is 106 cm³/mol. The Balaban J connectivity index is 1.52. The maximum Gasteiger partial charge on any atom is 0.257 e. The lowest BCUT2D eigenvalue weighted by Gasteiger charge is -2.33. The van der Waals surface area contributed by atoms with Crippen LogP contribution >= 0.6 is 0 Å². The fourth-order valence-electron chi connectivity index (χ4n) is 4.21. The summed E-state index contributed by atoms with van der Waals surface area (Å²) in [5.41, 5.74) is 2.93. The number of aromatic nitrogens is 2. The van der Waals surface area contributed by atoms with Crippen LogP contribution in [0.4, 0.5) is 5.95 Å². The maximum atomic E-state index is 12.8. The average molecular weight is 368 g/mol. The number of benzene rings is 1. The second-order valence-electron chi connectivity index (χ2n) is 7.78. The van der Waals surface area contributed by atoms with E-state index >= 15 is 0 Å². The Morgan fingerprint density at radius 3 is 2.96 bits per heavy atom. The quantitative estimate of drug-likeness (QED) is 0.899. The summed E-state index contributed by atoms with van der Waals surface area (Å²) in [4.78, 5) is 25.1. The van der Waals surface area contributed by atoms with Crippen LogP contribution in [-0.2, 0) is 19.5 Å². The van der Waals surface area contributed by atoms with Crippen LogP contribution in [0.3, 0.4) is 0 Å². The number of ether oxygens (including phenoxy) is 1. The third-order valence-corrected chi connectivity index (χ3v) is 5.68. The molecule has 0 bridgehead atoms. The summed E-state index contributed by atoms with van der Waals surface area (Å²) in [6, 6.07) is 8.06. The number of anilines is 1. The van der Waals surface area contributed by atoms with E-state index in [2.05, 4.69) is 27.8 Å². The summed E-state index contributed by atoms with van der Waals surface area (Å²) in [7, 11) is 1.70. The van der Waals surface area contributed by atoms with Gasteiger partial charge >= 0.3 is 0 Å². The standard InChI is InChI=1S/C21H28N4O2/c1-15-6-5-10-25(12-15)21-22-18-9-11-24(14-17(18)20(26)23-21)13-16-7-3-4-8-19(16)27-2/h3-4,7-8,15H,5-6,9-14H2,1-2H3,(H,22,23,26). The van der Waals surface area contributed by atoms with Crippen molar-refractivity contribution in [2.45, 2.75) is 39.3 Å². The van der Waals surface area contributed by atoms with E-state index in [1.807, 2.05) is 18.2 Å². The molecule has 0 saturated carbocycles. The number of H-pyrrole nitrogens is 1. The highest BCUT2D eigenvalue weighted by molar-refractivity contribution is 5.36. The highest BCUT2D eigenvalue weighted by atomic mass is 16.5. The van der Waals surface area contributed by atoms with Crippen molar-refractivity contribution in [3.63, 3.8) is 0 Å². The number of para-hydroxylation sites is 1. The molecule has 0 aliphatic carbocycles. The number of aromatic amines is 1. The molecule has 1 unspecified atom stereocenters. The van der Waals surface area contributed by atoms with Crippen molar-refractivity contribution in [2.24, 2.45) is 5.92 Å². The van der Waals surface area contributed by atoms with Crippen molar-refractivity contribution in [1.82, 2.24) is 14.9 Å². The lowest BCUT2D eigenvalue weighted by Crippen LogP contribution is -2.39. The lowest BCUT2D eigenvalue weighted by atomic mass is 10.0. The van der Waals surface area contributed by atoms with E-state index in [1.165, 1.54) is 6.42 Å². The van der Waals surface area contributed by atoms with Crippen LogP contribution in [0.25, 0.3) is 0 Å². The molecule has 3 heterocycles. The van der Waals surface area contributed by atoms with Crippen LogP contribution in [0.2, 0.25) is 0 Å². The van der Waals surface area contributed by atoms with Gasteiger partial charge in [0, 0.05) is 44.7 Å². The fourth-order valence-corrected chi connectivity index (χ4v) is 4.21. The Morgan fingerprint density at radius 2 is 2.15 bits per heavy atom. The molecule has 6 heteroatoms. The molecule has 2 aromatic rings. The zero-order valence-electron chi connectivity index (χ0n) is 16.2. The normalized spacial score (nSPS) is 20.4. The summed E-state index contributed by atoms with van der Waals surface area (Å²) in [5.74, 6) is 2.30. The van der Waals surface area contributed by atoms with Gasteiger partial charge in [0.1, 0.15) is 5.75 Å². The van der Waals surface area contributed by atoms with Gasteiger partial charge in [0.2, 0.25) is 5.95 Å². The Hall–Kier alpha value is -2.34. The molecule has 4 rings (SSSR count). The van der Waals surface area contributed by atoms with Gasteiger partial charge in [-0.05, 0) is 24.8 Å². The summed E-state index contributed by atoms with van der Waals surface area (Å²) in [6.07, 6.45) is 3.23. The molecule has 0 amide bonds. The molecule has 1 atom stereocenters. The van der Waals surface area contributed by atoms with Gasteiger partial charge in [-0.15, -0.1) is 0 Å². The van der Waals surface area contributed by atoms with Crippen molar-refractivity contribution in [1.29, 1.82) is 0 Å². The second-order valence-corrected chi connectivity index (χ2v) is 7.78. The molecule has 1 aromatic carbocycles. The van der Waals surface area contributed by atoms with E-state index in [1.54, 1.807) is 7.11 Å². The lowest BCUT2D eigenvalue weighted by molar-refractivity contribution is 0.238. The first kappa shape index (κ1) is 18.0. The molecule has 1 fully saturated rings. The van der Waals surface area contributed by atoms with E-state index in [4.69, 9.17) is 9.72 Å². The molecule has 1 N–H and O–H groups in total. The highest BCUT2D eigenvalue weighted by Gasteiger charge is 2.24. The van der Waals surface area contributed by atoms with Gasteiger partial charge in [-0.2, -0.15) is 0 Å². The predicted octanol–water partition coefficient (Wildman–Crippen LogP) is 2.57. The molecule has 6 nitrogen and oxygen atoms in total. The Bertz CT molecular complexity index is 864. The molecule has 2 aliphatic heterocycles. The van der Waals surface area contributed by atoms with Crippen molar-refractivity contribution in [3.05, 3.63) is 51.4 Å². The zero-order chi connectivity index (χ0) is 18.8. The molecule has 1 aromatic heterocycles. The largest absolute Gasteiger partial charge is 0.496 e. The summed E-state index contributed by atoms with van der Waals surface area (Å²) in [5, 5.41) is 0. The number of hydrogen-bond acceptors (Lipinski definition) is 5. The van der Waals surface area contributed by atoms with Crippen molar-refractivity contribution >= 4 is 5.95 Å². The highest BCUT2D eigenvalue weighted by Crippen LogP contribution is 2.24. The number of methoxy groups -OCH3 is 1. The number of nitrogens with zero attached hydrogens (tertiary/aromatic N) is 3. The maximum absolute atomic E-state index is 12.8. The molecule has 0 radical (unpaired) electrons. The number of rotatable bonds is 4. The molecule has 27 heavy (non-hydrogen) atoms. The first-order valence-electron chi connectivity index (χ1n) is 9.85. The minimum Gasteiger partial charge on any atom is -0.496 e. The molecular weight excluding hydrogens is 340 g/mol. The first-order valence-corrected chi connectivity index (χ1v) is 9.85.